The lowest BCUT2D eigenvalue weighted by Gasteiger charge is -2.10. The Hall–Kier alpha value is -3.21. The van der Waals surface area contributed by atoms with Crippen molar-refractivity contribution in [1.82, 2.24) is 19.9 Å². The van der Waals surface area contributed by atoms with Crippen LogP contribution in [0.5, 0.6) is 5.75 Å². The molecule has 2 heterocycles. The van der Waals surface area contributed by atoms with Gasteiger partial charge in [0.15, 0.2) is 5.65 Å². The third-order valence-electron chi connectivity index (χ3n) is 3.18. The van der Waals surface area contributed by atoms with Gasteiger partial charge in [0.05, 0.1) is 0 Å². The molecule has 3 aromatic rings. The average molecular weight is 380 g/mol. The molecule has 3 rings (SSSR count). The zero-order valence-electron chi connectivity index (χ0n) is 12.8. The summed E-state index contributed by atoms with van der Waals surface area (Å²) >= 11 is 0.898. The van der Waals surface area contributed by atoms with E-state index in [2.05, 4.69) is 15.4 Å². The Bertz CT molecular complexity index is 1000. The standard InChI is InChI=1S/C15H10F2N4O4S/c16-7-1-8(17)3-9(2-7)26-11-4-10(22)13(14-19-6-20-21(11)14)15(25)18-5-12(23)24/h1-4,6,22H,5H2,(H,18,25)(H,23,24). The van der Waals surface area contributed by atoms with Gasteiger partial charge >= 0.3 is 5.97 Å². The van der Waals surface area contributed by atoms with Crippen LogP contribution in [0.1, 0.15) is 10.4 Å². The van der Waals surface area contributed by atoms with Gasteiger partial charge in [0, 0.05) is 17.0 Å². The van der Waals surface area contributed by atoms with Crippen LogP contribution in [-0.4, -0.2) is 43.2 Å². The summed E-state index contributed by atoms with van der Waals surface area (Å²) in [5.74, 6) is -4.12. The number of carboxylic acids is 1. The Kier molecular flexibility index (Phi) is 4.71. The van der Waals surface area contributed by atoms with E-state index >= 15 is 0 Å². The summed E-state index contributed by atoms with van der Waals surface area (Å²) in [4.78, 5) is 26.8. The first-order valence-electron chi connectivity index (χ1n) is 7.05. The molecule has 0 bridgehead atoms. The van der Waals surface area contributed by atoms with Gasteiger partial charge in [0.25, 0.3) is 5.91 Å². The summed E-state index contributed by atoms with van der Waals surface area (Å²) in [6.45, 7) is -0.641. The number of benzene rings is 1. The molecule has 0 fully saturated rings. The normalized spacial score (nSPS) is 10.8. The summed E-state index contributed by atoms with van der Waals surface area (Å²) in [7, 11) is 0. The van der Waals surface area contributed by atoms with Gasteiger partial charge in [-0.3, -0.25) is 9.59 Å². The van der Waals surface area contributed by atoms with Gasteiger partial charge in [0.1, 0.15) is 40.8 Å². The largest absolute Gasteiger partial charge is 0.507 e. The number of carboxylic acid groups (broad SMARTS) is 1. The molecule has 1 aromatic carbocycles. The molecule has 0 spiro atoms. The van der Waals surface area contributed by atoms with Gasteiger partial charge < -0.3 is 15.5 Å². The molecule has 0 aliphatic carbocycles. The van der Waals surface area contributed by atoms with E-state index in [0.717, 1.165) is 36.3 Å². The van der Waals surface area contributed by atoms with Crippen molar-refractivity contribution in [2.24, 2.45) is 0 Å². The smallest absolute Gasteiger partial charge is 0.322 e. The number of rotatable bonds is 5. The van der Waals surface area contributed by atoms with Crippen molar-refractivity contribution in [2.45, 2.75) is 9.92 Å². The minimum absolute atomic E-state index is 0.0349. The molecule has 0 unspecified atom stereocenters. The number of fused-ring (bicyclic) bond motifs is 1. The zero-order valence-corrected chi connectivity index (χ0v) is 13.6. The predicted octanol–water partition coefficient (Wildman–Crippen LogP) is 1.68. The van der Waals surface area contributed by atoms with Gasteiger partial charge in [-0.15, -0.1) is 0 Å². The number of aliphatic carboxylic acids is 1. The van der Waals surface area contributed by atoms with Crippen LogP contribution in [0.4, 0.5) is 8.78 Å². The molecule has 0 atom stereocenters. The van der Waals surface area contributed by atoms with Crippen LogP contribution < -0.4 is 5.32 Å². The summed E-state index contributed by atoms with van der Waals surface area (Å²) in [5, 5.41) is 25.1. The van der Waals surface area contributed by atoms with Gasteiger partial charge in [-0.2, -0.15) is 5.10 Å². The fraction of sp³-hybridized carbons (Fsp3) is 0.0667. The lowest BCUT2D eigenvalue weighted by molar-refractivity contribution is -0.135. The Morgan fingerprint density at radius 2 is 1.88 bits per heavy atom. The summed E-state index contributed by atoms with van der Waals surface area (Å²) in [6, 6.07) is 4.09. The van der Waals surface area contributed by atoms with Crippen molar-refractivity contribution in [1.29, 1.82) is 0 Å². The minimum Gasteiger partial charge on any atom is -0.507 e. The third kappa shape index (κ3) is 3.57. The number of nitrogens with one attached hydrogen (secondary N) is 1. The van der Waals surface area contributed by atoms with Crippen LogP contribution in [0.3, 0.4) is 0 Å². The fourth-order valence-corrected chi connectivity index (χ4v) is 3.16. The first-order chi connectivity index (χ1) is 12.3. The van der Waals surface area contributed by atoms with Crippen molar-refractivity contribution >= 4 is 29.3 Å². The molecule has 11 heteroatoms. The van der Waals surface area contributed by atoms with Gasteiger partial charge in [-0.1, -0.05) is 11.8 Å². The molecular weight excluding hydrogens is 370 g/mol. The number of halogens is 2. The van der Waals surface area contributed by atoms with Crippen LogP contribution >= 0.6 is 11.8 Å². The molecule has 0 aliphatic rings. The van der Waals surface area contributed by atoms with E-state index in [9.17, 15) is 23.5 Å². The maximum absolute atomic E-state index is 13.3. The Morgan fingerprint density at radius 1 is 1.19 bits per heavy atom. The van der Waals surface area contributed by atoms with E-state index in [1.165, 1.54) is 10.6 Å². The summed E-state index contributed by atoms with van der Waals surface area (Å²) in [6.07, 6.45) is 1.12. The number of aromatic nitrogens is 3. The molecule has 0 aliphatic heterocycles. The van der Waals surface area contributed by atoms with Gasteiger partial charge in [-0.05, 0) is 12.1 Å². The number of nitrogens with zero attached hydrogens (tertiary/aromatic N) is 3. The first kappa shape index (κ1) is 17.6. The second-order valence-electron chi connectivity index (χ2n) is 5.02. The Morgan fingerprint density at radius 3 is 2.54 bits per heavy atom. The predicted molar refractivity (Wildman–Crippen MR) is 85.1 cm³/mol. The highest BCUT2D eigenvalue weighted by atomic mass is 32.2. The van der Waals surface area contributed by atoms with E-state index in [1.807, 2.05) is 0 Å². The Balaban J connectivity index is 2.01. The molecule has 8 nitrogen and oxygen atoms in total. The molecule has 134 valence electrons. The molecule has 0 saturated heterocycles. The molecular formula is C15H10F2N4O4S. The molecule has 3 N–H and O–H groups in total. The van der Waals surface area contributed by atoms with Crippen molar-refractivity contribution in [3.8, 4) is 5.75 Å². The maximum atomic E-state index is 13.3. The van der Waals surface area contributed by atoms with Crippen LogP contribution in [0.15, 0.2) is 40.5 Å². The highest BCUT2D eigenvalue weighted by Gasteiger charge is 2.21. The van der Waals surface area contributed by atoms with Gasteiger partial charge in [-0.25, -0.2) is 18.3 Å². The van der Waals surface area contributed by atoms with Crippen molar-refractivity contribution in [3.05, 3.63) is 47.8 Å². The van der Waals surface area contributed by atoms with E-state index < -0.39 is 35.8 Å². The van der Waals surface area contributed by atoms with Gasteiger partial charge in [0.2, 0.25) is 0 Å². The topological polar surface area (TPSA) is 117 Å². The van der Waals surface area contributed by atoms with E-state index in [0.29, 0.717) is 0 Å². The highest BCUT2D eigenvalue weighted by Crippen LogP contribution is 2.33. The average Bonchev–Trinajstić information content (AvgIpc) is 3.01. The maximum Gasteiger partial charge on any atom is 0.322 e. The highest BCUT2D eigenvalue weighted by molar-refractivity contribution is 7.99. The van der Waals surface area contributed by atoms with E-state index in [1.54, 1.807) is 0 Å². The van der Waals surface area contributed by atoms with Crippen LogP contribution in [0.25, 0.3) is 5.65 Å². The van der Waals surface area contributed by atoms with Crippen LogP contribution in [0, 0.1) is 11.6 Å². The number of carbonyl (C=O) groups excluding carboxylic acids is 1. The second kappa shape index (κ2) is 6.96. The third-order valence-corrected chi connectivity index (χ3v) is 4.15. The number of carbonyl (C=O) groups is 2. The quantitative estimate of drug-likeness (QED) is 0.616. The molecule has 1 amide bonds. The first-order valence-corrected chi connectivity index (χ1v) is 7.86. The lowest BCUT2D eigenvalue weighted by Crippen LogP contribution is -2.29. The SMILES string of the molecule is O=C(O)CNC(=O)c1c(O)cc(Sc2cc(F)cc(F)c2)n2ncnc12. The monoisotopic (exact) mass is 380 g/mol. The van der Waals surface area contributed by atoms with Crippen molar-refractivity contribution in [2.75, 3.05) is 6.54 Å². The van der Waals surface area contributed by atoms with Crippen LogP contribution in [0.2, 0.25) is 0 Å². The second-order valence-corrected chi connectivity index (χ2v) is 6.12. The van der Waals surface area contributed by atoms with Crippen molar-refractivity contribution in [3.63, 3.8) is 0 Å². The summed E-state index contributed by atoms with van der Waals surface area (Å²) < 4.78 is 27.9. The fourth-order valence-electron chi connectivity index (χ4n) is 2.18. The minimum atomic E-state index is -1.25. The number of aromatic hydroxyl groups is 1. The van der Waals surface area contributed by atoms with E-state index in [-0.39, 0.29) is 21.1 Å². The van der Waals surface area contributed by atoms with Crippen molar-refractivity contribution < 1.29 is 28.6 Å². The zero-order chi connectivity index (χ0) is 18.8. The summed E-state index contributed by atoms with van der Waals surface area (Å²) in [5.41, 5.74) is -0.300. The number of pyridine rings is 1. The number of amides is 1. The Labute approximate surface area is 148 Å². The molecule has 0 saturated carbocycles. The van der Waals surface area contributed by atoms with E-state index in [4.69, 9.17) is 5.11 Å². The van der Waals surface area contributed by atoms with Crippen LogP contribution in [-0.2, 0) is 4.79 Å². The molecule has 26 heavy (non-hydrogen) atoms. The number of hydrogen-bond acceptors (Lipinski definition) is 6. The number of hydrogen-bond donors (Lipinski definition) is 3. The molecule has 2 aromatic heterocycles. The molecule has 0 radical (unpaired) electrons. The lowest BCUT2D eigenvalue weighted by atomic mass is 10.2.